The maximum absolute atomic E-state index is 10.7. The Kier molecular flexibility index (Phi) is 17.0. The Morgan fingerprint density at radius 1 is 0.391 bits per heavy atom. The first-order valence-electron chi connectivity index (χ1n) is 17.5. The second kappa shape index (κ2) is 21.3. The Hall–Kier alpha value is -5.66. The van der Waals surface area contributed by atoms with Crippen LogP contribution >= 0.6 is 0 Å². The number of hydrogen-bond donors (Lipinski definition) is 0. The third-order valence-corrected chi connectivity index (χ3v) is 9.65. The van der Waals surface area contributed by atoms with Gasteiger partial charge in [-0.15, -0.1) is 0 Å². The van der Waals surface area contributed by atoms with Gasteiger partial charge in [-0.3, -0.25) is 0 Å². The van der Waals surface area contributed by atoms with Gasteiger partial charge in [0.25, 0.3) is 0 Å². The fraction of sp³-hybridized carbons (Fsp3) is 0.0500. The molecule has 8 aromatic rings. The average molecular weight is 1110 g/mol. The summed E-state index contributed by atoms with van der Waals surface area (Å²) in [4.78, 5) is 0. The van der Waals surface area contributed by atoms with Crippen molar-refractivity contribution in [2.24, 2.45) is 0 Å². The van der Waals surface area contributed by atoms with Crippen molar-refractivity contribution in [3.63, 3.8) is 0 Å². The zero-order valence-electron chi connectivity index (χ0n) is 31.9. The Bertz CT molecular complexity index is 2570. The quantitative estimate of drug-likeness (QED) is 0.0484. The van der Waals surface area contributed by atoms with Gasteiger partial charge in [0.05, 0.1) is 22.7 Å². The zero-order chi connectivity index (χ0) is 44.7. The first-order chi connectivity index (χ1) is 29.3. The molecular weight excluding hydrogens is 1080 g/mol. The number of nitrogens with zero attached hydrogens (tertiary/aromatic N) is 8. The molecule has 0 fully saturated rings. The minimum atomic E-state index is -6.09. The van der Waals surface area contributed by atoms with Crippen LogP contribution in [0.1, 0.15) is 22.3 Å². The summed E-state index contributed by atoms with van der Waals surface area (Å²) in [6, 6.07) is 42.0. The molecule has 0 aliphatic carbocycles. The van der Waals surface area contributed by atoms with Gasteiger partial charge in [0.2, 0.25) is 0 Å². The maximum Gasteiger partial charge on any atom is 1.00 e. The second-order valence-electron chi connectivity index (χ2n) is 12.5. The summed E-state index contributed by atoms with van der Waals surface area (Å²) in [6.45, 7) is 0. The summed E-state index contributed by atoms with van der Waals surface area (Å²) in [6.07, 6.45) is 15.0. The Balaban J connectivity index is 0.000000428. The average Bonchev–Trinajstić information content (AvgIpc) is 4.09. The summed E-state index contributed by atoms with van der Waals surface area (Å²) < 4.78 is 125. The normalized spacial score (nSPS) is 11.4. The molecule has 0 saturated heterocycles. The zero-order valence-corrected chi connectivity index (χ0v) is 36.5. The third kappa shape index (κ3) is 12.7. The first kappa shape index (κ1) is 51.0. The van der Waals surface area contributed by atoms with Gasteiger partial charge in [0.1, 0.15) is 0 Å². The van der Waals surface area contributed by atoms with E-state index >= 15 is 0 Å². The van der Waals surface area contributed by atoms with Crippen molar-refractivity contribution >= 4 is 31.4 Å². The largest absolute Gasteiger partial charge is 1.00 e. The predicted molar refractivity (Wildman–Crippen MR) is 211 cm³/mol. The van der Waals surface area contributed by atoms with Crippen LogP contribution in [0.5, 0.6) is 0 Å². The fourth-order valence-corrected chi connectivity index (χ4v) is 5.72. The van der Waals surface area contributed by atoms with Gasteiger partial charge in [0, 0.05) is 49.6 Å². The molecule has 14 nitrogen and oxygen atoms in total. The predicted octanol–water partition coefficient (Wildman–Crippen LogP) is 7.53. The monoisotopic (exact) mass is 1110 g/mol. The van der Waals surface area contributed by atoms with E-state index in [-0.39, 0.29) is 44.8 Å². The van der Waals surface area contributed by atoms with Crippen molar-refractivity contribution in [1.29, 1.82) is 0 Å². The molecule has 0 N–H and O–H groups in total. The molecule has 0 unspecified atom stereocenters. The molecule has 24 heteroatoms. The molecule has 0 radical (unpaired) electrons. The van der Waals surface area contributed by atoms with E-state index < -0.39 is 31.3 Å². The molecule has 0 aliphatic heterocycles. The summed E-state index contributed by atoms with van der Waals surface area (Å²) in [7, 11) is -12.2. The van der Waals surface area contributed by atoms with Gasteiger partial charge in [-0.2, -0.15) is 46.7 Å². The molecule has 4 aromatic carbocycles. The van der Waals surface area contributed by atoms with Gasteiger partial charge in [-0.25, -0.2) is 35.6 Å². The molecular formula is C40H28Ag2F6N8O6S2. The molecule has 0 aliphatic rings. The number of halogens is 6. The van der Waals surface area contributed by atoms with Crippen LogP contribution in [0.2, 0.25) is 0 Å². The number of hydrogen-bond acceptors (Lipinski definition) is 10. The Labute approximate surface area is 392 Å². The van der Waals surface area contributed by atoms with Gasteiger partial charge >= 0.3 is 55.8 Å². The van der Waals surface area contributed by atoms with Crippen LogP contribution in [-0.2, 0) is 65.0 Å². The molecule has 4 heterocycles. The smallest absolute Gasteiger partial charge is 0.741 e. The molecule has 340 valence electrons. The van der Waals surface area contributed by atoms with Gasteiger partial charge in [0.15, 0.2) is 20.2 Å². The number of benzene rings is 4. The molecule has 0 saturated carbocycles. The van der Waals surface area contributed by atoms with Crippen LogP contribution in [-0.4, -0.2) is 76.1 Å². The minimum Gasteiger partial charge on any atom is -0.741 e. The fourth-order valence-electron chi connectivity index (χ4n) is 5.72. The topological polar surface area (TPSA) is 186 Å². The third-order valence-electron chi connectivity index (χ3n) is 8.52. The van der Waals surface area contributed by atoms with Crippen molar-refractivity contribution in [1.82, 2.24) is 39.1 Å². The van der Waals surface area contributed by atoms with Crippen LogP contribution < -0.4 is 0 Å². The standard InChI is InChI=1S/C38H28N8.2CHF3O3S.2Ag/c1-21-39-43(25-1)33-13-5-29(6-14-33)37(30-7-15-34(16-8-30)44-26-2-22-40-44)38(31-9-17-35(18-10-31)45-27-3-23-41-45)32-11-19-36(20-12-32)46-28-4-24-42-46;2*2-1(3,4)8(5,6)7;;/h1-28H;2*(H,5,6,7);;/q;;;2*+1/p-2. The molecule has 64 heavy (non-hydrogen) atoms. The summed E-state index contributed by atoms with van der Waals surface area (Å²) in [5.41, 5.74) is -0.737. The van der Waals surface area contributed by atoms with Crippen molar-refractivity contribution in [3.8, 4) is 22.7 Å². The molecule has 4 aromatic heterocycles. The summed E-state index contributed by atoms with van der Waals surface area (Å²) in [5, 5.41) is 17.7. The molecule has 8 rings (SSSR count). The molecule has 0 atom stereocenters. The van der Waals surface area contributed by atoms with Gasteiger partial charge < -0.3 is 9.11 Å². The number of alkyl halides is 6. The van der Waals surface area contributed by atoms with Crippen molar-refractivity contribution < 1.29 is 97.0 Å². The summed E-state index contributed by atoms with van der Waals surface area (Å²) >= 11 is 0. The Morgan fingerprint density at radius 3 is 0.688 bits per heavy atom. The van der Waals surface area contributed by atoms with Crippen LogP contribution in [0.3, 0.4) is 0 Å². The van der Waals surface area contributed by atoms with Crippen molar-refractivity contribution in [2.45, 2.75) is 11.0 Å². The SMILES string of the molecule is O=S(=O)([O-])C(F)(F)F.O=S(=O)([O-])C(F)(F)F.[Ag+].[Ag+].c1cnn(-c2ccc(C(=C(c3ccc(-n4cccn4)cc3)c3ccc(-n4cccn4)cc3)c3ccc(-n4cccn4)cc3)cc2)c1. The summed E-state index contributed by atoms with van der Waals surface area (Å²) in [5.74, 6) is 0. The van der Waals surface area contributed by atoms with E-state index in [2.05, 4.69) is 117 Å². The minimum absolute atomic E-state index is 0. The van der Waals surface area contributed by atoms with Gasteiger partial charge in [-0.1, -0.05) is 48.5 Å². The van der Waals surface area contributed by atoms with E-state index in [0.29, 0.717) is 0 Å². The van der Waals surface area contributed by atoms with Crippen LogP contribution in [0, 0.1) is 0 Å². The van der Waals surface area contributed by atoms with Gasteiger partial charge in [-0.05, 0) is 106 Å². The van der Waals surface area contributed by atoms with Crippen LogP contribution in [0.15, 0.2) is 171 Å². The molecule has 0 amide bonds. The van der Waals surface area contributed by atoms with Crippen molar-refractivity contribution in [2.75, 3.05) is 0 Å². The van der Waals surface area contributed by atoms with E-state index in [4.69, 9.17) is 25.9 Å². The second-order valence-corrected chi connectivity index (χ2v) is 15.3. The van der Waals surface area contributed by atoms with Crippen LogP contribution in [0.4, 0.5) is 26.3 Å². The van der Waals surface area contributed by atoms with E-state index in [1.54, 1.807) is 24.8 Å². The number of aromatic nitrogens is 8. The molecule has 0 bridgehead atoms. The molecule has 0 spiro atoms. The maximum atomic E-state index is 10.7. The van der Waals surface area contributed by atoms with E-state index in [9.17, 15) is 26.3 Å². The van der Waals surface area contributed by atoms with E-state index in [1.807, 2.05) is 67.8 Å². The number of rotatable bonds is 8. The first-order valence-corrected chi connectivity index (χ1v) is 20.3. The van der Waals surface area contributed by atoms with Crippen molar-refractivity contribution in [3.05, 3.63) is 193 Å². The Morgan fingerprint density at radius 2 is 0.562 bits per heavy atom. The van der Waals surface area contributed by atoms with Crippen LogP contribution in [0.25, 0.3) is 33.9 Å². The van der Waals surface area contributed by atoms with E-state index in [0.717, 1.165) is 56.1 Å². The van der Waals surface area contributed by atoms with E-state index in [1.165, 1.54) is 0 Å².